The maximum atomic E-state index is 9.84. The van der Waals surface area contributed by atoms with Crippen LogP contribution in [0.1, 0.15) is 20.3 Å². The average molecular weight is 302 g/mol. The summed E-state index contributed by atoms with van der Waals surface area (Å²) < 4.78 is 25.5. The van der Waals surface area contributed by atoms with Crippen molar-refractivity contribution >= 4 is 5.97 Å². The second-order valence-corrected chi connectivity index (χ2v) is 5.53. The van der Waals surface area contributed by atoms with Gasteiger partial charge in [-0.25, -0.2) is 4.79 Å². The number of esters is 1. The van der Waals surface area contributed by atoms with E-state index >= 15 is 0 Å². The van der Waals surface area contributed by atoms with Crippen LogP contribution in [0.15, 0.2) is 12.7 Å². The Kier molecular flexibility index (Phi) is 7.88. The van der Waals surface area contributed by atoms with Gasteiger partial charge in [-0.3, -0.25) is 0 Å². The minimum atomic E-state index is -0.394. The maximum Gasteiger partial charge on any atom is 0.329 e. The van der Waals surface area contributed by atoms with Gasteiger partial charge < -0.3 is 23.7 Å². The predicted molar refractivity (Wildman–Crippen MR) is 77.2 cm³/mol. The van der Waals surface area contributed by atoms with Crippen LogP contribution < -0.4 is 0 Å². The normalized spacial score (nSPS) is 22.8. The summed E-state index contributed by atoms with van der Waals surface area (Å²) in [5, 5.41) is 0. The highest BCUT2D eigenvalue weighted by molar-refractivity contribution is 5.80. The summed E-state index contributed by atoms with van der Waals surface area (Å²) in [4.78, 5) is 9.84. The zero-order valence-electron chi connectivity index (χ0n) is 13.1. The number of carbonyl (C=O) groups excluding carboxylic acids is 1. The molecule has 0 aromatic carbocycles. The third kappa shape index (κ3) is 10.4. The first-order valence-electron chi connectivity index (χ1n) is 7.12. The van der Waals surface area contributed by atoms with Gasteiger partial charge in [0.2, 0.25) is 0 Å². The van der Waals surface area contributed by atoms with Crippen LogP contribution in [0.2, 0.25) is 0 Å². The molecule has 2 saturated heterocycles. The molecule has 21 heavy (non-hydrogen) atoms. The van der Waals surface area contributed by atoms with Crippen LogP contribution in [0, 0.1) is 0 Å². The second-order valence-electron chi connectivity index (χ2n) is 5.53. The summed E-state index contributed by atoms with van der Waals surface area (Å²) >= 11 is 0. The Balaban J connectivity index is 0.000000315. The zero-order valence-corrected chi connectivity index (χ0v) is 13.1. The van der Waals surface area contributed by atoms with Gasteiger partial charge in [0.1, 0.15) is 12.2 Å². The molecule has 2 heterocycles. The lowest BCUT2D eigenvalue weighted by molar-refractivity contribution is -0.134. The van der Waals surface area contributed by atoms with Gasteiger partial charge in [0.05, 0.1) is 39.1 Å². The molecule has 2 fully saturated rings. The first-order valence-corrected chi connectivity index (χ1v) is 7.12. The molecule has 0 aromatic rings. The quantitative estimate of drug-likeness (QED) is 0.277. The molecule has 0 N–H and O–H groups in total. The van der Waals surface area contributed by atoms with Crippen LogP contribution >= 0.6 is 0 Å². The molecule has 0 amide bonds. The van der Waals surface area contributed by atoms with Crippen LogP contribution in [-0.4, -0.2) is 63.9 Å². The Hall–Kier alpha value is -0.950. The van der Waals surface area contributed by atoms with Gasteiger partial charge in [0.15, 0.2) is 0 Å². The smallest absolute Gasteiger partial charge is 0.329 e. The number of methoxy groups -OCH3 is 1. The van der Waals surface area contributed by atoms with Crippen LogP contribution in [0.4, 0.5) is 0 Å². The van der Waals surface area contributed by atoms with E-state index in [2.05, 4.69) is 25.2 Å². The Morgan fingerprint density at radius 1 is 1.29 bits per heavy atom. The monoisotopic (exact) mass is 302 g/mol. The fourth-order valence-corrected chi connectivity index (χ4v) is 1.34. The molecule has 2 rings (SSSR count). The number of rotatable bonds is 9. The molecule has 0 radical (unpaired) electrons. The minimum Gasteiger partial charge on any atom is -0.466 e. The third-order valence-corrected chi connectivity index (χ3v) is 2.98. The van der Waals surface area contributed by atoms with Gasteiger partial charge in [0, 0.05) is 12.7 Å². The molecule has 0 spiro atoms. The Labute approximate surface area is 126 Å². The van der Waals surface area contributed by atoms with Gasteiger partial charge in [-0.15, -0.1) is 0 Å². The molecule has 2 aliphatic rings. The van der Waals surface area contributed by atoms with Crippen LogP contribution in [0.5, 0.6) is 0 Å². The number of carbonyl (C=O) groups is 1. The van der Waals surface area contributed by atoms with E-state index in [1.54, 1.807) is 0 Å². The highest BCUT2D eigenvalue weighted by Crippen LogP contribution is 2.19. The van der Waals surface area contributed by atoms with Crippen LogP contribution in [0.25, 0.3) is 0 Å². The van der Waals surface area contributed by atoms with Gasteiger partial charge in [-0.05, 0) is 20.3 Å². The summed E-state index contributed by atoms with van der Waals surface area (Å²) in [5.41, 5.74) is -0.115. The van der Waals surface area contributed by atoms with Gasteiger partial charge in [-0.1, -0.05) is 6.58 Å². The first-order chi connectivity index (χ1) is 9.96. The largest absolute Gasteiger partial charge is 0.466 e. The Morgan fingerprint density at radius 3 is 2.29 bits per heavy atom. The fraction of sp³-hybridized carbons (Fsp3) is 0.800. The van der Waals surface area contributed by atoms with E-state index < -0.39 is 5.97 Å². The Morgan fingerprint density at radius 2 is 1.86 bits per heavy atom. The zero-order chi connectivity index (χ0) is 15.7. The molecule has 2 unspecified atom stereocenters. The lowest BCUT2D eigenvalue weighted by Crippen LogP contribution is -2.28. The van der Waals surface area contributed by atoms with E-state index in [1.165, 1.54) is 7.11 Å². The molecule has 0 aromatic heterocycles. The van der Waals surface area contributed by atoms with E-state index in [9.17, 15) is 4.79 Å². The molecule has 122 valence electrons. The summed E-state index contributed by atoms with van der Waals surface area (Å²) in [7, 11) is 1.31. The molecular formula is C15H26O6. The first kappa shape index (κ1) is 18.1. The Bertz CT molecular complexity index is 320. The molecule has 6 heteroatoms. The number of epoxide rings is 2. The predicted octanol–water partition coefficient (Wildman–Crippen LogP) is 1.33. The fourth-order valence-electron chi connectivity index (χ4n) is 1.34. The standard InChI is InChI=1S/C11H20O4.C4H6O2/c1-11(2,15-8-10-7-14-10)3-4-12-5-9-6-13-9;1-3-4(5)6-2/h9-10H,3-8H2,1-2H3;3H,1H2,2H3. The lowest BCUT2D eigenvalue weighted by Gasteiger charge is -2.24. The summed E-state index contributed by atoms with van der Waals surface area (Å²) in [6, 6.07) is 0. The summed E-state index contributed by atoms with van der Waals surface area (Å²) in [6.07, 6.45) is 2.71. The number of hydrogen-bond donors (Lipinski definition) is 0. The second kappa shape index (κ2) is 9.15. The van der Waals surface area contributed by atoms with Crippen LogP contribution in [0.3, 0.4) is 0 Å². The van der Waals surface area contributed by atoms with Crippen molar-refractivity contribution in [2.75, 3.05) is 40.1 Å². The highest BCUT2D eigenvalue weighted by atomic mass is 16.6. The van der Waals surface area contributed by atoms with Crippen molar-refractivity contribution in [3.05, 3.63) is 12.7 Å². The number of ether oxygens (including phenoxy) is 5. The van der Waals surface area contributed by atoms with Crippen molar-refractivity contribution in [2.45, 2.75) is 38.1 Å². The van der Waals surface area contributed by atoms with Crippen molar-refractivity contribution in [3.63, 3.8) is 0 Å². The van der Waals surface area contributed by atoms with Gasteiger partial charge in [0.25, 0.3) is 0 Å². The van der Waals surface area contributed by atoms with E-state index in [0.717, 1.165) is 38.9 Å². The molecule has 0 bridgehead atoms. The maximum absolute atomic E-state index is 9.84. The SMILES string of the molecule is C=CC(=O)OC.CC(C)(CCOCC1CO1)OCC1CO1. The molecule has 0 aliphatic carbocycles. The molecule has 2 atom stereocenters. The van der Waals surface area contributed by atoms with E-state index in [-0.39, 0.29) is 5.60 Å². The third-order valence-electron chi connectivity index (χ3n) is 2.98. The van der Waals surface area contributed by atoms with Crippen molar-refractivity contribution in [1.82, 2.24) is 0 Å². The topological polar surface area (TPSA) is 69.8 Å². The summed E-state index contributed by atoms with van der Waals surface area (Å²) in [5.74, 6) is -0.394. The number of hydrogen-bond acceptors (Lipinski definition) is 6. The van der Waals surface area contributed by atoms with Crippen molar-refractivity contribution < 1.29 is 28.5 Å². The molecule has 6 nitrogen and oxygen atoms in total. The van der Waals surface area contributed by atoms with Gasteiger partial charge in [-0.2, -0.15) is 0 Å². The van der Waals surface area contributed by atoms with E-state index in [4.69, 9.17) is 18.9 Å². The van der Waals surface area contributed by atoms with Crippen LogP contribution in [-0.2, 0) is 28.5 Å². The van der Waals surface area contributed by atoms with Crippen molar-refractivity contribution in [2.24, 2.45) is 0 Å². The molecular weight excluding hydrogens is 276 g/mol. The van der Waals surface area contributed by atoms with Gasteiger partial charge >= 0.3 is 5.97 Å². The molecule has 0 saturated carbocycles. The van der Waals surface area contributed by atoms with Crippen molar-refractivity contribution in [1.29, 1.82) is 0 Å². The highest BCUT2D eigenvalue weighted by Gasteiger charge is 2.27. The molecule has 2 aliphatic heterocycles. The van der Waals surface area contributed by atoms with E-state index in [1.807, 2.05) is 0 Å². The lowest BCUT2D eigenvalue weighted by atomic mass is 10.1. The summed E-state index contributed by atoms with van der Waals surface area (Å²) in [6.45, 7) is 11.2. The average Bonchev–Trinajstić information content (AvgIpc) is 3.35. The minimum absolute atomic E-state index is 0.115. The van der Waals surface area contributed by atoms with E-state index in [0.29, 0.717) is 18.8 Å². The van der Waals surface area contributed by atoms with Crippen molar-refractivity contribution in [3.8, 4) is 0 Å².